The van der Waals surface area contributed by atoms with Crippen molar-refractivity contribution < 1.29 is 4.74 Å². The molecule has 0 saturated carbocycles. The normalized spacial score (nSPS) is 16.2. The Bertz CT molecular complexity index is 477. The molecule has 2 aromatic heterocycles. The van der Waals surface area contributed by atoms with Gasteiger partial charge in [-0.25, -0.2) is 4.98 Å². The van der Waals surface area contributed by atoms with Crippen LogP contribution in [0, 0.1) is 0 Å². The monoisotopic (exact) mass is 252 g/mol. The maximum atomic E-state index is 4.99. The van der Waals surface area contributed by atoms with Gasteiger partial charge in [0.25, 0.3) is 0 Å². The molecule has 2 aromatic rings. The molecule has 90 valence electrons. The Morgan fingerprint density at radius 2 is 2.18 bits per heavy atom. The third-order valence-corrected chi connectivity index (χ3v) is 3.44. The summed E-state index contributed by atoms with van der Waals surface area (Å²) in [4.78, 5) is 8.31. The van der Waals surface area contributed by atoms with Gasteiger partial charge in [0.15, 0.2) is 5.82 Å². The molecule has 1 aliphatic heterocycles. The van der Waals surface area contributed by atoms with Crippen LogP contribution in [0.15, 0.2) is 12.4 Å². The summed E-state index contributed by atoms with van der Waals surface area (Å²) in [5.41, 5.74) is 0. The molecule has 0 aromatic carbocycles. The van der Waals surface area contributed by atoms with E-state index in [9.17, 15) is 0 Å². The van der Waals surface area contributed by atoms with Crippen molar-refractivity contribution in [2.24, 2.45) is 0 Å². The van der Waals surface area contributed by atoms with Crippen LogP contribution in [0.25, 0.3) is 0 Å². The van der Waals surface area contributed by atoms with Crippen LogP contribution >= 0.6 is 11.5 Å². The van der Waals surface area contributed by atoms with Gasteiger partial charge in [0.2, 0.25) is 5.13 Å². The van der Waals surface area contributed by atoms with E-state index in [1.807, 2.05) is 0 Å². The second-order valence-corrected chi connectivity index (χ2v) is 4.56. The Morgan fingerprint density at radius 3 is 2.88 bits per heavy atom. The van der Waals surface area contributed by atoms with E-state index in [-0.39, 0.29) is 0 Å². The third-order valence-electron chi connectivity index (χ3n) is 2.63. The van der Waals surface area contributed by atoms with Crippen LogP contribution in [0.1, 0.15) is 11.9 Å². The molecule has 8 heteroatoms. The molecule has 7 nitrogen and oxygen atoms in total. The number of nitrogens with zero attached hydrogens (tertiary/aromatic N) is 6. The summed E-state index contributed by atoms with van der Waals surface area (Å²) in [6.07, 6.45) is 3.40. The second kappa shape index (κ2) is 4.38. The van der Waals surface area contributed by atoms with Gasteiger partial charge in [-0.3, -0.25) is 0 Å². The summed E-state index contributed by atoms with van der Waals surface area (Å²) in [5, 5.41) is 9.20. The molecule has 0 N–H and O–H groups in total. The van der Waals surface area contributed by atoms with E-state index >= 15 is 0 Å². The number of hydrogen-bond acceptors (Lipinski definition) is 7. The highest BCUT2D eigenvalue weighted by atomic mass is 32.1. The molecular formula is C9H12N6OS. The largest absolute Gasteiger partial charge is 0.377 e. The van der Waals surface area contributed by atoms with Gasteiger partial charge in [0, 0.05) is 31.7 Å². The van der Waals surface area contributed by atoms with Crippen LogP contribution in [0.2, 0.25) is 0 Å². The highest BCUT2D eigenvalue weighted by Crippen LogP contribution is 2.28. The second-order valence-electron chi connectivity index (χ2n) is 3.83. The summed E-state index contributed by atoms with van der Waals surface area (Å²) in [6, 6.07) is 0.347. The van der Waals surface area contributed by atoms with Crippen LogP contribution in [-0.4, -0.2) is 44.6 Å². The fourth-order valence-corrected chi connectivity index (χ4v) is 2.42. The van der Waals surface area contributed by atoms with E-state index in [0.29, 0.717) is 12.6 Å². The molecule has 0 unspecified atom stereocenters. The highest BCUT2D eigenvalue weighted by Gasteiger charge is 2.31. The summed E-state index contributed by atoms with van der Waals surface area (Å²) >= 11 is 1.41. The van der Waals surface area contributed by atoms with Gasteiger partial charge >= 0.3 is 0 Å². The van der Waals surface area contributed by atoms with Gasteiger partial charge in [0.1, 0.15) is 12.6 Å². The number of anilines is 1. The van der Waals surface area contributed by atoms with Gasteiger partial charge in [-0.1, -0.05) is 0 Å². The number of methoxy groups -OCH3 is 1. The van der Waals surface area contributed by atoms with Crippen LogP contribution in [-0.2, 0) is 11.3 Å². The summed E-state index contributed by atoms with van der Waals surface area (Å²) in [7, 11) is 1.64. The van der Waals surface area contributed by atoms with Crippen molar-refractivity contribution in [3.63, 3.8) is 0 Å². The van der Waals surface area contributed by atoms with Gasteiger partial charge < -0.3 is 9.64 Å². The Hall–Kier alpha value is -1.54. The molecule has 17 heavy (non-hydrogen) atoms. The van der Waals surface area contributed by atoms with Crippen molar-refractivity contribution in [3.05, 3.63) is 18.2 Å². The molecule has 3 rings (SSSR count). The molecule has 0 aliphatic carbocycles. The van der Waals surface area contributed by atoms with Crippen molar-refractivity contribution in [2.45, 2.75) is 12.6 Å². The fourth-order valence-electron chi connectivity index (χ4n) is 1.73. The Labute approximate surface area is 102 Å². The van der Waals surface area contributed by atoms with Crippen molar-refractivity contribution in [2.75, 3.05) is 25.1 Å². The summed E-state index contributed by atoms with van der Waals surface area (Å²) < 4.78 is 9.21. The Morgan fingerprint density at radius 1 is 1.41 bits per heavy atom. The van der Waals surface area contributed by atoms with Crippen molar-refractivity contribution in [1.29, 1.82) is 0 Å². The summed E-state index contributed by atoms with van der Waals surface area (Å²) in [6.45, 7) is 2.24. The predicted molar refractivity (Wildman–Crippen MR) is 61.9 cm³/mol. The van der Waals surface area contributed by atoms with E-state index in [1.165, 1.54) is 11.5 Å². The topological polar surface area (TPSA) is 69.0 Å². The molecule has 0 radical (unpaired) electrons. The number of aromatic nitrogens is 5. The van der Waals surface area contributed by atoms with Crippen molar-refractivity contribution in [1.82, 2.24) is 24.4 Å². The van der Waals surface area contributed by atoms with E-state index in [4.69, 9.17) is 4.74 Å². The fraction of sp³-hybridized carbons (Fsp3) is 0.556. The molecule has 1 aliphatic rings. The molecule has 0 atom stereocenters. The predicted octanol–water partition coefficient (Wildman–Crippen LogP) is 0.337. The first-order valence-electron chi connectivity index (χ1n) is 5.29. The minimum absolute atomic E-state index is 0.347. The maximum Gasteiger partial charge on any atom is 0.205 e. The van der Waals surface area contributed by atoms with Gasteiger partial charge in [-0.05, 0) is 0 Å². The Balaban J connectivity index is 1.61. The quantitative estimate of drug-likeness (QED) is 0.781. The zero-order valence-corrected chi connectivity index (χ0v) is 10.2. The third kappa shape index (κ3) is 2.01. The van der Waals surface area contributed by atoms with Crippen LogP contribution in [0.4, 0.5) is 5.13 Å². The minimum atomic E-state index is 0.347. The number of ether oxygens (including phenoxy) is 1. The first kappa shape index (κ1) is 10.6. The van der Waals surface area contributed by atoms with E-state index in [1.54, 1.807) is 24.3 Å². The Kier molecular flexibility index (Phi) is 2.73. The molecular weight excluding hydrogens is 240 g/mol. The highest BCUT2D eigenvalue weighted by molar-refractivity contribution is 7.09. The first-order chi connectivity index (χ1) is 8.36. The van der Waals surface area contributed by atoms with E-state index in [2.05, 4.69) is 24.5 Å². The average Bonchev–Trinajstić information content (AvgIpc) is 2.88. The lowest BCUT2D eigenvalue weighted by molar-refractivity contribution is 0.179. The smallest absolute Gasteiger partial charge is 0.205 e. The van der Waals surface area contributed by atoms with Crippen LogP contribution < -0.4 is 4.90 Å². The molecule has 3 heterocycles. The van der Waals surface area contributed by atoms with E-state index in [0.717, 1.165) is 24.0 Å². The average molecular weight is 252 g/mol. The standard InChI is InChI=1S/C9H12N6OS/c1-16-6-8-12-9(17-13-8)14-4-7(5-14)15-10-2-3-11-15/h2-3,7H,4-6H2,1H3. The van der Waals surface area contributed by atoms with Gasteiger partial charge in [0.05, 0.1) is 12.4 Å². The van der Waals surface area contributed by atoms with Crippen LogP contribution in [0.5, 0.6) is 0 Å². The zero-order chi connectivity index (χ0) is 11.7. The molecule has 0 spiro atoms. The lowest BCUT2D eigenvalue weighted by Crippen LogP contribution is -2.48. The maximum absolute atomic E-state index is 4.99. The SMILES string of the molecule is COCc1nsc(N2CC(n3nccn3)C2)n1. The zero-order valence-electron chi connectivity index (χ0n) is 9.35. The summed E-state index contributed by atoms with van der Waals surface area (Å²) in [5.74, 6) is 0.744. The van der Waals surface area contributed by atoms with E-state index < -0.39 is 0 Å². The molecule has 0 amide bonds. The molecule has 0 bridgehead atoms. The van der Waals surface area contributed by atoms with Crippen LogP contribution in [0.3, 0.4) is 0 Å². The van der Waals surface area contributed by atoms with Gasteiger partial charge in [-0.2, -0.15) is 19.4 Å². The lowest BCUT2D eigenvalue weighted by Gasteiger charge is -2.37. The lowest BCUT2D eigenvalue weighted by atomic mass is 10.1. The van der Waals surface area contributed by atoms with Crippen molar-refractivity contribution in [3.8, 4) is 0 Å². The number of rotatable bonds is 4. The van der Waals surface area contributed by atoms with Gasteiger partial charge in [-0.15, -0.1) is 0 Å². The number of hydrogen-bond donors (Lipinski definition) is 0. The first-order valence-corrected chi connectivity index (χ1v) is 6.06. The minimum Gasteiger partial charge on any atom is -0.377 e. The molecule has 1 fully saturated rings. The molecule has 1 saturated heterocycles. The van der Waals surface area contributed by atoms with Crippen molar-refractivity contribution >= 4 is 16.7 Å².